The molecule has 5 nitrogen and oxygen atoms in total. The van der Waals surface area contributed by atoms with Gasteiger partial charge in [-0.15, -0.1) is 0 Å². The number of anilines is 1. The van der Waals surface area contributed by atoms with Crippen LogP contribution in [0.25, 0.3) is 0 Å². The summed E-state index contributed by atoms with van der Waals surface area (Å²) in [6.45, 7) is 3.98. The first-order valence-corrected chi connectivity index (χ1v) is 8.93. The van der Waals surface area contributed by atoms with Crippen molar-refractivity contribution in [3.63, 3.8) is 0 Å². The number of nitrogens with zero attached hydrogens (tertiary/aromatic N) is 1. The first kappa shape index (κ1) is 17.8. The fraction of sp³-hybridized carbons (Fsp3) is 0.500. The summed E-state index contributed by atoms with van der Waals surface area (Å²) in [5.74, 6) is -0.255. The highest BCUT2D eigenvalue weighted by molar-refractivity contribution is 7.92. The molecule has 0 heterocycles. The molecular weight excluding hydrogens is 312 g/mol. The first-order chi connectivity index (χ1) is 9.66. The van der Waals surface area contributed by atoms with Crippen LogP contribution in [0.3, 0.4) is 0 Å². The topological polar surface area (TPSA) is 66.5 Å². The second-order valence-corrected chi connectivity index (χ2v) is 7.48. The summed E-state index contributed by atoms with van der Waals surface area (Å²) in [6.07, 6.45) is 2.97. The molecule has 21 heavy (non-hydrogen) atoms. The highest BCUT2D eigenvalue weighted by Gasteiger charge is 2.17. The fourth-order valence-electron chi connectivity index (χ4n) is 1.88. The van der Waals surface area contributed by atoms with E-state index >= 15 is 0 Å². The van der Waals surface area contributed by atoms with Crippen molar-refractivity contribution in [2.75, 3.05) is 17.6 Å². The molecule has 0 fully saturated rings. The summed E-state index contributed by atoms with van der Waals surface area (Å²) in [7, 11) is -1.92. The molecule has 1 aromatic carbocycles. The number of hydrogen-bond acceptors (Lipinski definition) is 3. The molecule has 0 aliphatic heterocycles. The maximum atomic E-state index is 12.1. The van der Waals surface area contributed by atoms with Crippen molar-refractivity contribution in [2.24, 2.45) is 0 Å². The van der Waals surface area contributed by atoms with Crippen molar-refractivity contribution < 1.29 is 13.2 Å². The standard InChI is InChI=1S/C14H21ClN2O3S/c1-5-6-10(2)16-14(18)12-8-7-11(9-13(12)15)17(3)21(4,19)20/h7-10H,5-6H2,1-4H3,(H,16,18)/t10-/m1/s1. The number of carbonyl (C=O) groups excluding carboxylic acids is 1. The van der Waals surface area contributed by atoms with Gasteiger partial charge >= 0.3 is 0 Å². The smallest absolute Gasteiger partial charge is 0.253 e. The Morgan fingerprint density at radius 3 is 2.52 bits per heavy atom. The van der Waals surface area contributed by atoms with Crippen molar-refractivity contribution in [1.29, 1.82) is 0 Å². The van der Waals surface area contributed by atoms with Gasteiger partial charge in [-0.1, -0.05) is 24.9 Å². The lowest BCUT2D eigenvalue weighted by atomic mass is 10.1. The Kier molecular flexibility index (Phi) is 6.04. The van der Waals surface area contributed by atoms with Crippen LogP contribution in [0.1, 0.15) is 37.0 Å². The Balaban J connectivity index is 2.96. The van der Waals surface area contributed by atoms with Crippen molar-refractivity contribution in [3.8, 4) is 0 Å². The van der Waals surface area contributed by atoms with Gasteiger partial charge in [-0.2, -0.15) is 0 Å². The van der Waals surface area contributed by atoms with Crippen molar-refractivity contribution >= 4 is 33.2 Å². The van der Waals surface area contributed by atoms with Crippen LogP contribution in [-0.4, -0.2) is 33.7 Å². The molecule has 1 atom stereocenters. The van der Waals surface area contributed by atoms with Gasteiger partial charge < -0.3 is 5.32 Å². The Labute approximate surface area is 131 Å². The summed E-state index contributed by atoms with van der Waals surface area (Å²) in [6, 6.07) is 4.64. The molecule has 0 saturated heterocycles. The molecule has 0 aliphatic rings. The second kappa shape index (κ2) is 7.13. The predicted molar refractivity (Wildman–Crippen MR) is 86.5 cm³/mol. The van der Waals surface area contributed by atoms with Gasteiger partial charge in [0.1, 0.15) is 0 Å². The maximum absolute atomic E-state index is 12.1. The molecule has 1 N–H and O–H groups in total. The van der Waals surface area contributed by atoms with Crippen LogP contribution in [0.5, 0.6) is 0 Å². The number of rotatable bonds is 6. The third-order valence-corrected chi connectivity index (χ3v) is 4.68. The highest BCUT2D eigenvalue weighted by atomic mass is 35.5. The Morgan fingerprint density at radius 2 is 2.05 bits per heavy atom. The van der Waals surface area contributed by atoms with Crippen LogP contribution in [-0.2, 0) is 10.0 Å². The summed E-state index contributed by atoms with van der Waals surface area (Å²) < 4.78 is 24.1. The molecule has 118 valence electrons. The third kappa shape index (κ3) is 4.89. The monoisotopic (exact) mass is 332 g/mol. The normalized spacial score (nSPS) is 12.8. The molecule has 0 bridgehead atoms. The van der Waals surface area contributed by atoms with Crippen molar-refractivity contribution in [1.82, 2.24) is 5.32 Å². The van der Waals surface area contributed by atoms with E-state index in [1.165, 1.54) is 19.2 Å². The minimum Gasteiger partial charge on any atom is -0.350 e. The summed E-state index contributed by atoms with van der Waals surface area (Å²) in [5, 5.41) is 3.09. The summed E-state index contributed by atoms with van der Waals surface area (Å²) in [4.78, 5) is 12.1. The lowest BCUT2D eigenvalue weighted by Gasteiger charge is -2.18. The number of sulfonamides is 1. The van der Waals surface area contributed by atoms with E-state index in [-0.39, 0.29) is 17.0 Å². The number of halogens is 1. The van der Waals surface area contributed by atoms with E-state index in [0.29, 0.717) is 11.3 Å². The lowest BCUT2D eigenvalue weighted by molar-refractivity contribution is 0.0938. The highest BCUT2D eigenvalue weighted by Crippen LogP contribution is 2.24. The molecule has 0 spiro atoms. The first-order valence-electron chi connectivity index (χ1n) is 6.71. The SMILES string of the molecule is CCC[C@@H](C)NC(=O)c1ccc(N(C)S(C)(=O)=O)cc1Cl. The number of benzene rings is 1. The Hall–Kier alpha value is -1.27. The van der Waals surface area contributed by atoms with Crippen LogP contribution in [0.2, 0.25) is 5.02 Å². The zero-order valence-corrected chi connectivity index (χ0v) is 14.3. The van der Waals surface area contributed by atoms with Gasteiger partial charge in [-0.25, -0.2) is 8.42 Å². The van der Waals surface area contributed by atoms with E-state index in [1.807, 2.05) is 13.8 Å². The van der Waals surface area contributed by atoms with Crippen LogP contribution in [0, 0.1) is 0 Å². The molecule has 1 rings (SSSR count). The number of hydrogen-bond donors (Lipinski definition) is 1. The van der Waals surface area contributed by atoms with Crippen LogP contribution in [0.4, 0.5) is 5.69 Å². The van der Waals surface area contributed by atoms with Gasteiger partial charge in [0.25, 0.3) is 5.91 Å². The molecule has 0 radical (unpaired) electrons. The van der Waals surface area contributed by atoms with Crippen molar-refractivity contribution in [2.45, 2.75) is 32.7 Å². The lowest BCUT2D eigenvalue weighted by Crippen LogP contribution is -2.32. The van der Waals surface area contributed by atoms with Gasteiger partial charge in [0.15, 0.2) is 0 Å². The van der Waals surface area contributed by atoms with E-state index in [9.17, 15) is 13.2 Å². The number of carbonyl (C=O) groups is 1. The average molecular weight is 333 g/mol. The van der Waals surface area contributed by atoms with E-state index in [1.54, 1.807) is 6.07 Å². The molecular formula is C14H21ClN2O3S. The van der Waals surface area contributed by atoms with E-state index in [4.69, 9.17) is 11.6 Å². The third-order valence-electron chi connectivity index (χ3n) is 3.16. The molecule has 7 heteroatoms. The molecule has 0 aliphatic carbocycles. The minimum atomic E-state index is -3.36. The van der Waals surface area contributed by atoms with Gasteiger partial charge in [0.05, 0.1) is 22.5 Å². The molecule has 0 unspecified atom stereocenters. The fourth-order valence-corrected chi connectivity index (χ4v) is 2.64. The van der Waals surface area contributed by atoms with E-state index in [0.717, 1.165) is 23.4 Å². The number of nitrogens with one attached hydrogen (secondary N) is 1. The predicted octanol–water partition coefficient (Wildman–Crippen LogP) is 2.65. The zero-order chi connectivity index (χ0) is 16.2. The maximum Gasteiger partial charge on any atom is 0.253 e. The summed E-state index contributed by atoms with van der Waals surface area (Å²) >= 11 is 6.10. The quantitative estimate of drug-likeness (QED) is 0.870. The van der Waals surface area contributed by atoms with Gasteiger partial charge in [0, 0.05) is 13.1 Å². The minimum absolute atomic E-state index is 0.0666. The number of amides is 1. The molecule has 1 aromatic rings. The van der Waals surface area contributed by atoms with Gasteiger partial charge in [-0.05, 0) is 31.5 Å². The Bertz CT molecular complexity index is 617. The Morgan fingerprint density at radius 1 is 1.43 bits per heavy atom. The molecule has 1 amide bonds. The van der Waals surface area contributed by atoms with Crippen LogP contribution in [0.15, 0.2) is 18.2 Å². The van der Waals surface area contributed by atoms with Crippen molar-refractivity contribution in [3.05, 3.63) is 28.8 Å². The van der Waals surface area contributed by atoms with E-state index in [2.05, 4.69) is 5.32 Å². The van der Waals surface area contributed by atoms with Gasteiger partial charge in [-0.3, -0.25) is 9.10 Å². The van der Waals surface area contributed by atoms with Crippen LogP contribution >= 0.6 is 11.6 Å². The largest absolute Gasteiger partial charge is 0.350 e. The van der Waals surface area contributed by atoms with E-state index < -0.39 is 10.0 Å². The van der Waals surface area contributed by atoms with Crippen LogP contribution < -0.4 is 9.62 Å². The summed E-state index contributed by atoms with van der Waals surface area (Å²) in [5.41, 5.74) is 0.755. The zero-order valence-electron chi connectivity index (χ0n) is 12.7. The average Bonchev–Trinajstić information content (AvgIpc) is 2.36. The molecule has 0 aromatic heterocycles. The molecule has 0 saturated carbocycles. The second-order valence-electron chi connectivity index (χ2n) is 5.06. The van der Waals surface area contributed by atoms with Gasteiger partial charge in [0.2, 0.25) is 10.0 Å².